The van der Waals surface area contributed by atoms with E-state index in [1.807, 2.05) is 42.5 Å². The number of fused-ring (bicyclic) bond motifs is 2. The molecule has 76 valence electrons. The average Bonchev–Trinajstić information content (AvgIpc) is 2.32. The van der Waals surface area contributed by atoms with Crippen molar-refractivity contribution in [1.29, 1.82) is 0 Å². The van der Waals surface area contributed by atoms with Gasteiger partial charge in [0.15, 0.2) is 0 Å². The van der Waals surface area contributed by atoms with Gasteiger partial charge in [-0.1, -0.05) is 42.6 Å². The fraction of sp³-hybridized carbons (Fsp3) is 0. The van der Waals surface area contributed by atoms with E-state index in [0.29, 0.717) is 10.4 Å². The maximum absolute atomic E-state index is 11.9. The Bertz CT molecular complexity index is 653. The van der Waals surface area contributed by atoms with Gasteiger partial charge in [-0.3, -0.25) is 4.79 Å². The van der Waals surface area contributed by atoms with Gasteiger partial charge in [-0.05, 0) is 34.5 Å². The highest BCUT2D eigenvalue weighted by molar-refractivity contribution is 7.82. The summed E-state index contributed by atoms with van der Waals surface area (Å²) >= 11 is 4.99. The van der Waals surface area contributed by atoms with E-state index in [9.17, 15) is 4.79 Å². The molecule has 0 aromatic heterocycles. The zero-order valence-corrected chi connectivity index (χ0v) is 9.25. The lowest BCUT2D eigenvalue weighted by Gasteiger charge is -2.11. The van der Waals surface area contributed by atoms with Crippen LogP contribution in [0.4, 0.5) is 0 Å². The molecule has 2 heteroatoms. The second-order valence-electron chi connectivity index (χ2n) is 3.81. The largest absolute Gasteiger partial charge is 0.288 e. The number of hydrogen-bond acceptors (Lipinski definition) is 2. The number of allylic oxidation sites excluding steroid dienone is 1. The first-order chi connectivity index (χ1) is 7.75. The van der Waals surface area contributed by atoms with Gasteiger partial charge in [-0.15, -0.1) is 0 Å². The lowest BCUT2D eigenvalue weighted by molar-refractivity contribution is 0.106. The van der Waals surface area contributed by atoms with Gasteiger partial charge in [0, 0.05) is 5.56 Å². The Labute approximate surface area is 98.4 Å². The maximum Gasteiger partial charge on any atom is 0.204 e. The minimum atomic E-state index is -0.0433. The molecular formula is C14H8OS. The summed E-state index contributed by atoms with van der Waals surface area (Å²) in [5.41, 5.74) is 1.67. The van der Waals surface area contributed by atoms with Crippen LogP contribution in [0.1, 0.15) is 15.9 Å². The van der Waals surface area contributed by atoms with Crippen molar-refractivity contribution < 1.29 is 4.79 Å². The van der Waals surface area contributed by atoms with Crippen molar-refractivity contribution >= 4 is 39.7 Å². The van der Waals surface area contributed by atoms with Gasteiger partial charge < -0.3 is 0 Å². The number of ketones is 1. The molecule has 0 aliphatic heterocycles. The Morgan fingerprint density at radius 3 is 2.38 bits per heavy atom. The summed E-state index contributed by atoms with van der Waals surface area (Å²) in [4.78, 5) is 12.3. The van der Waals surface area contributed by atoms with Crippen molar-refractivity contribution in [3.63, 3.8) is 0 Å². The molecule has 1 nitrogen and oxygen atoms in total. The SMILES string of the molecule is O=C1C(=S)C=Cc2cc3ccccc3cc21. The standard InChI is InChI=1S/C14H8OS/c15-14-12-8-10-4-2-1-3-9(10)7-11(12)5-6-13(14)16/h1-8H. The first kappa shape index (κ1) is 9.43. The van der Waals surface area contributed by atoms with Gasteiger partial charge >= 0.3 is 0 Å². The lowest BCUT2D eigenvalue weighted by Crippen LogP contribution is -2.14. The lowest BCUT2D eigenvalue weighted by atomic mass is 9.93. The van der Waals surface area contributed by atoms with Crippen LogP contribution in [0.3, 0.4) is 0 Å². The van der Waals surface area contributed by atoms with E-state index in [0.717, 1.165) is 16.3 Å². The normalized spacial score (nSPS) is 14.2. The quantitative estimate of drug-likeness (QED) is 0.638. The number of thiocarbonyl (C=S) groups is 1. The molecule has 2 aromatic carbocycles. The van der Waals surface area contributed by atoms with Gasteiger partial charge in [0.05, 0.1) is 4.86 Å². The third kappa shape index (κ3) is 1.31. The number of carbonyl (C=O) groups is 1. The summed E-state index contributed by atoms with van der Waals surface area (Å²) < 4.78 is 0. The van der Waals surface area contributed by atoms with Gasteiger partial charge in [-0.25, -0.2) is 0 Å². The summed E-state index contributed by atoms with van der Waals surface area (Å²) in [6.07, 6.45) is 3.61. The van der Waals surface area contributed by atoms with Crippen LogP contribution < -0.4 is 0 Å². The molecule has 0 saturated carbocycles. The van der Waals surface area contributed by atoms with Crippen molar-refractivity contribution in [2.45, 2.75) is 0 Å². The molecule has 1 aliphatic rings. The van der Waals surface area contributed by atoms with Gasteiger partial charge in [-0.2, -0.15) is 0 Å². The highest BCUT2D eigenvalue weighted by Crippen LogP contribution is 2.24. The minimum Gasteiger partial charge on any atom is -0.288 e. The molecule has 0 N–H and O–H groups in total. The van der Waals surface area contributed by atoms with Crippen LogP contribution >= 0.6 is 12.2 Å². The molecule has 0 fully saturated rings. The second kappa shape index (κ2) is 3.35. The van der Waals surface area contributed by atoms with E-state index in [1.165, 1.54) is 0 Å². The third-order valence-electron chi connectivity index (χ3n) is 2.80. The smallest absolute Gasteiger partial charge is 0.204 e. The highest BCUT2D eigenvalue weighted by atomic mass is 32.1. The highest BCUT2D eigenvalue weighted by Gasteiger charge is 2.17. The summed E-state index contributed by atoms with van der Waals surface area (Å²) in [5, 5.41) is 2.22. The molecule has 0 saturated heterocycles. The Hall–Kier alpha value is -1.80. The molecule has 2 aromatic rings. The van der Waals surface area contributed by atoms with Crippen LogP contribution in [0.2, 0.25) is 0 Å². The van der Waals surface area contributed by atoms with Crippen molar-refractivity contribution in [3.8, 4) is 0 Å². The minimum absolute atomic E-state index is 0.0433. The first-order valence-electron chi connectivity index (χ1n) is 5.05. The average molecular weight is 224 g/mol. The van der Waals surface area contributed by atoms with E-state index >= 15 is 0 Å². The van der Waals surface area contributed by atoms with Crippen molar-refractivity contribution in [1.82, 2.24) is 0 Å². The molecule has 3 rings (SSSR count). The molecule has 1 aliphatic carbocycles. The number of Topliss-reactive ketones (excluding diaryl/α,β-unsaturated/α-hetero) is 1. The van der Waals surface area contributed by atoms with Crippen molar-refractivity contribution in [2.75, 3.05) is 0 Å². The van der Waals surface area contributed by atoms with E-state index in [4.69, 9.17) is 12.2 Å². The zero-order valence-electron chi connectivity index (χ0n) is 8.44. The molecule has 0 atom stereocenters. The van der Waals surface area contributed by atoms with Crippen LogP contribution in [0, 0.1) is 0 Å². The Morgan fingerprint density at radius 1 is 0.938 bits per heavy atom. The van der Waals surface area contributed by atoms with Gasteiger partial charge in [0.25, 0.3) is 0 Å². The summed E-state index contributed by atoms with van der Waals surface area (Å²) in [6, 6.07) is 12.0. The van der Waals surface area contributed by atoms with Crippen molar-refractivity contribution in [2.24, 2.45) is 0 Å². The van der Waals surface area contributed by atoms with Gasteiger partial charge in [0.1, 0.15) is 0 Å². The van der Waals surface area contributed by atoms with E-state index in [1.54, 1.807) is 6.08 Å². The summed E-state index contributed by atoms with van der Waals surface area (Å²) in [6.45, 7) is 0. The molecule has 16 heavy (non-hydrogen) atoms. The van der Waals surface area contributed by atoms with Crippen LogP contribution in [-0.2, 0) is 0 Å². The third-order valence-corrected chi connectivity index (χ3v) is 3.12. The summed E-state index contributed by atoms with van der Waals surface area (Å²) in [7, 11) is 0. The predicted molar refractivity (Wildman–Crippen MR) is 69.9 cm³/mol. The molecule has 0 unspecified atom stereocenters. The first-order valence-corrected chi connectivity index (χ1v) is 5.46. The Kier molecular flexibility index (Phi) is 1.98. The van der Waals surface area contributed by atoms with E-state index in [-0.39, 0.29) is 5.78 Å². The number of benzene rings is 2. The van der Waals surface area contributed by atoms with Gasteiger partial charge in [0.2, 0.25) is 5.78 Å². The Morgan fingerprint density at radius 2 is 1.62 bits per heavy atom. The second-order valence-corrected chi connectivity index (χ2v) is 4.25. The number of hydrogen-bond donors (Lipinski definition) is 0. The van der Waals surface area contributed by atoms with E-state index < -0.39 is 0 Å². The van der Waals surface area contributed by atoms with Crippen LogP contribution in [0.5, 0.6) is 0 Å². The van der Waals surface area contributed by atoms with E-state index in [2.05, 4.69) is 0 Å². The molecule has 0 radical (unpaired) electrons. The number of carbonyl (C=O) groups excluding carboxylic acids is 1. The van der Waals surface area contributed by atoms with Crippen LogP contribution in [0.15, 0.2) is 42.5 Å². The summed E-state index contributed by atoms with van der Waals surface area (Å²) in [5.74, 6) is -0.0433. The van der Waals surface area contributed by atoms with Crippen LogP contribution in [-0.4, -0.2) is 10.6 Å². The topological polar surface area (TPSA) is 17.1 Å². The monoisotopic (exact) mass is 224 g/mol. The fourth-order valence-electron chi connectivity index (χ4n) is 1.97. The molecule has 0 heterocycles. The zero-order chi connectivity index (χ0) is 11.1. The van der Waals surface area contributed by atoms with Crippen molar-refractivity contribution in [3.05, 3.63) is 53.6 Å². The fourth-order valence-corrected chi connectivity index (χ4v) is 2.14. The molecule has 0 bridgehead atoms. The number of rotatable bonds is 0. The predicted octanol–water partition coefficient (Wildman–Crippen LogP) is 3.42. The molecule has 0 spiro atoms. The maximum atomic E-state index is 11.9. The Balaban J connectivity index is 2.37. The van der Waals surface area contributed by atoms with Crippen LogP contribution in [0.25, 0.3) is 16.8 Å². The molecule has 0 amide bonds. The molecular weight excluding hydrogens is 216 g/mol.